The van der Waals surface area contributed by atoms with Gasteiger partial charge >= 0.3 is 5.97 Å². The Hall–Kier alpha value is -3.39. The third-order valence-corrected chi connectivity index (χ3v) is 6.01. The topological polar surface area (TPSA) is 66.8 Å². The van der Waals surface area contributed by atoms with E-state index in [9.17, 15) is 14.0 Å². The van der Waals surface area contributed by atoms with Crippen molar-refractivity contribution in [2.45, 2.75) is 6.92 Å². The number of carbonyl (C=O) groups excluding carboxylic acids is 2. The first kappa shape index (κ1) is 21.8. The molecule has 8 heteroatoms. The number of ether oxygens (including phenoxy) is 1. The van der Waals surface area contributed by atoms with Gasteiger partial charge in [-0.2, -0.15) is 0 Å². The Labute approximate surface area is 186 Å². The molecule has 0 unspecified atom stereocenters. The van der Waals surface area contributed by atoms with Crippen LogP contribution in [0.25, 0.3) is 10.9 Å². The molecule has 1 fully saturated rings. The number of benzene rings is 2. The lowest BCUT2D eigenvalue weighted by molar-refractivity contribution is -0.117. The van der Waals surface area contributed by atoms with Crippen LogP contribution in [-0.4, -0.2) is 61.2 Å². The van der Waals surface area contributed by atoms with Crippen molar-refractivity contribution >= 4 is 34.2 Å². The summed E-state index contributed by atoms with van der Waals surface area (Å²) in [5.41, 5.74) is 3.61. The van der Waals surface area contributed by atoms with Gasteiger partial charge in [-0.3, -0.25) is 9.69 Å². The van der Waals surface area contributed by atoms with E-state index in [0.717, 1.165) is 35.2 Å². The molecule has 1 saturated heterocycles. The van der Waals surface area contributed by atoms with Crippen LogP contribution < -0.4 is 10.2 Å². The monoisotopic (exact) mass is 438 g/mol. The van der Waals surface area contributed by atoms with Crippen molar-refractivity contribution in [3.8, 4) is 0 Å². The largest absolute Gasteiger partial charge is 0.464 e. The molecular formula is C24H27FN4O3. The molecule has 0 bridgehead atoms. The quantitative estimate of drug-likeness (QED) is 0.620. The average Bonchev–Trinajstić information content (AvgIpc) is 3.07. The van der Waals surface area contributed by atoms with Crippen LogP contribution in [0.5, 0.6) is 0 Å². The first-order valence-corrected chi connectivity index (χ1v) is 10.6. The number of fused-ring (bicyclic) bond motifs is 1. The van der Waals surface area contributed by atoms with Gasteiger partial charge in [0.2, 0.25) is 5.91 Å². The molecule has 168 valence electrons. The van der Waals surface area contributed by atoms with Gasteiger partial charge in [-0.25, -0.2) is 9.18 Å². The highest BCUT2D eigenvalue weighted by atomic mass is 19.1. The molecule has 0 aliphatic carbocycles. The summed E-state index contributed by atoms with van der Waals surface area (Å²) in [6.45, 7) is 5.10. The lowest BCUT2D eigenvalue weighted by atomic mass is 10.1. The SMILES string of the molecule is COC(=O)c1c(NC(=O)CN2CCN(c3ccc(F)cc3)CC2)c2c(C)cccc2n1C. The van der Waals surface area contributed by atoms with Crippen molar-refractivity contribution < 1.29 is 18.7 Å². The molecule has 0 saturated carbocycles. The van der Waals surface area contributed by atoms with E-state index >= 15 is 0 Å². The number of nitrogens with zero attached hydrogens (tertiary/aromatic N) is 3. The fourth-order valence-corrected chi connectivity index (χ4v) is 4.32. The summed E-state index contributed by atoms with van der Waals surface area (Å²) in [5.74, 6) is -0.925. The molecule has 4 rings (SSSR count). The van der Waals surface area contributed by atoms with E-state index < -0.39 is 5.97 Å². The van der Waals surface area contributed by atoms with E-state index in [-0.39, 0.29) is 18.3 Å². The summed E-state index contributed by atoms with van der Waals surface area (Å²) < 4.78 is 19.9. The number of amides is 1. The molecule has 0 spiro atoms. The Morgan fingerprint density at radius 1 is 1.06 bits per heavy atom. The maximum Gasteiger partial charge on any atom is 0.356 e. The normalized spacial score (nSPS) is 14.6. The Morgan fingerprint density at radius 3 is 2.41 bits per heavy atom. The van der Waals surface area contributed by atoms with E-state index in [2.05, 4.69) is 15.1 Å². The summed E-state index contributed by atoms with van der Waals surface area (Å²) in [6.07, 6.45) is 0. The number of nitrogens with one attached hydrogen (secondary N) is 1. The van der Waals surface area contributed by atoms with Crippen LogP contribution in [0.2, 0.25) is 0 Å². The Bertz CT molecular complexity index is 1150. The Balaban J connectivity index is 1.47. The summed E-state index contributed by atoms with van der Waals surface area (Å²) in [4.78, 5) is 29.6. The van der Waals surface area contributed by atoms with E-state index in [4.69, 9.17) is 4.74 Å². The minimum absolute atomic E-state index is 0.180. The fourth-order valence-electron chi connectivity index (χ4n) is 4.32. The van der Waals surface area contributed by atoms with Crippen LogP contribution >= 0.6 is 0 Å². The summed E-state index contributed by atoms with van der Waals surface area (Å²) in [7, 11) is 3.12. The van der Waals surface area contributed by atoms with Gasteiger partial charge in [-0.05, 0) is 42.8 Å². The van der Waals surface area contributed by atoms with Crippen LogP contribution in [0.4, 0.5) is 15.8 Å². The predicted octanol–water partition coefficient (Wildman–Crippen LogP) is 3.17. The molecule has 1 N–H and O–H groups in total. The second kappa shape index (κ2) is 9.00. The molecule has 2 heterocycles. The lowest BCUT2D eigenvalue weighted by Crippen LogP contribution is -2.48. The van der Waals surface area contributed by atoms with Crippen LogP contribution in [-0.2, 0) is 16.6 Å². The molecule has 0 atom stereocenters. The maximum atomic E-state index is 13.2. The zero-order chi connectivity index (χ0) is 22.8. The second-order valence-corrected chi connectivity index (χ2v) is 8.03. The van der Waals surface area contributed by atoms with Crippen LogP contribution in [0.3, 0.4) is 0 Å². The molecule has 1 aliphatic rings. The molecule has 1 aliphatic heterocycles. The molecule has 7 nitrogen and oxygen atoms in total. The summed E-state index contributed by atoms with van der Waals surface area (Å²) in [6, 6.07) is 12.3. The fraction of sp³-hybridized carbons (Fsp3) is 0.333. The summed E-state index contributed by atoms with van der Waals surface area (Å²) >= 11 is 0. The first-order chi connectivity index (χ1) is 15.4. The van der Waals surface area contributed by atoms with E-state index in [1.54, 1.807) is 23.7 Å². The standard InChI is InChI=1S/C24H27FN4O3/c1-16-5-4-6-19-21(16)22(23(27(19)2)24(31)32-3)26-20(30)15-28-11-13-29(14-12-28)18-9-7-17(25)8-10-18/h4-10H,11-15H2,1-3H3,(H,26,30). The molecular weight excluding hydrogens is 411 g/mol. The highest BCUT2D eigenvalue weighted by Crippen LogP contribution is 2.33. The van der Waals surface area contributed by atoms with Crippen LogP contribution in [0.15, 0.2) is 42.5 Å². The number of aromatic nitrogens is 1. The second-order valence-electron chi connectivity index (χ2n) is 8.03. The first-order valence-electron chi connectivity index (χ1n) is 10.6. The summed E-state index contributed by atoms with van der Waals surface area (Å²) in [5, 5.41) is 3.81. The predicted molar refractivity (Wildman–Crippen MR) is 123 cm³/mol. The van der Waals surface area contributed by atoms with Gasteiger partial charge in [0.1, 0.15) is 5.82 Å². The molecule has 0 radical (unpaired) electrons. The number of piperazine rings is 1. The molecule has 1 amide bonds. The van der Waals surface area contributed by atoms with Gasteiger partial charge in [-0.1, -0.05) is 12.1 Å². The lowest BCUT2D eigenvalue weighted by Gasteiger charge is -2.35. The number of hydrogen-bond donors (Lipinski definition) is 1. The number of aryl methyl sites for hydroxylation is 2. The van der Waals surface area contributed by atoms with Crippen molar-refractivity contribution in [1.29, 1.82) is 0 Å². The van der Waals surface area contributed by atoms with Gasteiger partial charge in [0.05, 0.1) is 24.9 Å². The number of halogens is 1. The molecule has 2 aromatic carbocycles. The highest BCUT2D eigenvalue weighted by molar-refractivity contribution is 6.12. The number of rotatable bonds is 5. The van der Waals surface area contributed by atoms with Crippen LogP contribution in [0, 0.1) is 12.7 Å². The number of anilines is 2. The maximum absolute atomic E-state index is 13.2. The van der Waals surface area contributed by atoms with E-state index in [1.165, 1.54) is 19.2 Å². The molecule has 32 heavy (non-hydrogen) atoms. The Kier molecular flexibility index (Phi) is 6.14. The number of esters is 1. The van der Waals surface area contributed by atoms with Crippen molar-refractivity contribution in [2.24, 2.45) is 7.05 Å². The average molecular weight is 439 g/mol. The minimum atomic E-state index is -0.494. The van der Waals surface area contributed by atoms with Crippen molar-refractivity contribution in [3.05, 3.63) is 59.5 Å². The third kappa shape index (κ3) is 4.18. The van der Waals surface area contributed by atoms with E-state index in [1.807, 2.05) is 25.1 Å². The highest BCUT2D eigenvalue weighted by Gasteiger charge is 2.25. The van der Waals surface area contributed by atoms with Crippen molar-refractivity contribution in [1.82, 2.24) is 9.47 Å². The molecule has 3 aromatic rings. The van der Waals surface area contributed by atoms with Gasteiger partial charge in [0.15, 0.2) is 5.69 Å². The minimum Gasteiger partial charge on any atom is -0.464 e. The van der Waals surface area contributed by atoms with Crippen LogP contribution in [0.1, 0.15) is 16.1 Å². The zero-order valence-electron chi connectivity index (χ0n) is 18.5. The van der Waals surface area contributed by atoms with E-state index in [0.29, 0.717) is 24.5 Å². The zero-order valence-corrected chi connectivity index (χ0v) is 18.5. The van der Waals surface area contributed by atoms with Gasteiger partial charge < -0.3 is 19.5 Å². The number of methoxy groups -OCH3 is 1. The smallest absolute Gasteiger partial charge is 0.356 e. The van der Waals surface area contributed by atoms with Crippen molar-refractivity contribution in [2.75, 3.05) is 50.1 Å². The van der Waals surface area contributed by atoms with Gasteiger partial charge in [0.25, 0.3) is 0 Å². The van der Waals surface area contributed by atoms with Crippen molar-refractivity contribution in [3.63, 3.8) is 0 Å². The number of hydrogen-bond acceptors (Lipinski definition) is 5. The Morgan fingerprint density at radius 2 is 1.75 bits per heavy atom. The van der Waals surface area contributed by atoms with Gasteiger partial charge in [-0.15, -0.1) is 0 Å². The van der Waals surface area contributed by atoms with Gasteiger partial charge in [0, 0.05) is 44.3 Å². The third-order valence-electron chi connectivity index (χ3n) is 6.01. The number of carbonyl (C=O) groups is 2. The molecule has 1 aromatic heterocycles.